The van der Waals surface area contributed by atoms with Gasteiger partial charge in [0.1, 0.15) is 5.69 Å². The maximum Gasteiger partial charge on any atom is 0.274 e. The molecule has 0 unspecified atom stereocenters. The van der Waals surface area contributed by atoms with Crippen molar-refractivity contribution in [2.24, 2.45) is 0 Å². The van der Waals surface area contributed by atoms with Gasteiger partial charge >= 0.3 is 0 Å². The first-order chi connectivity index (χ1) is 17.6. The van der Waals surface area contributed by atoms with E-state index in [9.17, 15) is 9.59 Å². The summed E-state index contributed by atoms with van der Waals surface area (Å²) in [5.41, 5.74) is 3.60. The average Bonchev–Trinajstić information content (AvgIpc) is 3.51. The van der Waals surface area contributed by atoms with Gasteiger partial charge in [-0.05, 0) is 56.7 Å². The molecule has 4 aromatic rings. The summed E-state index contributed by atoms with van der Waals surface area (Å²) < 4.78 is 5.29. The topological polar surface area (TPSA) is 88.3 Å². The number of likely N-dealkylation sites (tertiary alicyclic amines) is 1. The second-order valence-electron chi connectivity index (χ2n) is 9.76. The highest BCUT2D eigenvalue weighted by Gasteiger charge is 2.34. The Morgan fingerprint density at radius 3 is 2.78 bits per heavy atom. The van der Waals surface area contributed by atoms with E-state index in [1.54, 1.807) is 17.4 Å². The number of fused-ring (bicyclic) bond motifs is 1. The summed E-state index contributed by atoms with van der Waals surface area (Å²) in [6.07, 6.45) is 5.09. The molecule has 184 valence electrons. The second-order valence-corrected chi connectivity index (χ2v) is 10.8. The highest BCUT2D eigenvalue weighted by molar-refractivity contribution is 7.15. The van der Waals surface area contributed by atoms with Crippen LogP contribution in [0.15, 0.2) is 53.1 Å². The van der Waals surface area contributed by atoms with Crippen molar-refractivity contribution in [3.05, 3.63) is 70.5 Å². The van der Waals surface area contributed by atoms with Crippen LogP contribution in [-0.4, -0.2) is 46.0 Å². The number of benzene rings is 2. The number of para-hydroxylation sites is 1. The van der Waals surface area contributed by atoms with E-state index in [-0.39, 0.29) is 23.6 Å². The lowest BCUT2D eigenvalue weighted by atomic mass is 10.0. The second kappa shape index (κ2) is 9.50. The lowest BCUT2D eigenvalue weighted by molar-refractivity contribution is 0.0597. The van der Waals surface area contributed by atoms with Gasteiger partial charge in [-0.1, -0.05) is 47.1 Å². The molecule has 3 heterocycles. The summed E-state index contributed by atoms with van der Waals surface area (Å²) in [4.78, 5) is 34.6. The Bertz CT molecular complexity index is 1440. The summed E-state index contributed by atoms with van der Waals surface area (Å²) in [6, 6.07) is 15.5. The fourth-order valence-corrected chi connectivity index (χ4v) is 6.15. The molecule has 1 atom stereocenters. The van der Waals surface area contributed by atoms with Crippen molar-refractivity contribution in [3.63, 3.8) is 0 Å². The van der Waals surface area contributed by atoms with Crippen molar-refractivity contribution in [3.8, 4) is 10.4 Å². The van der Waals surface area contributed by atoms with Gasteiger partial charge in [-0.15, -0.1) is 11.3 Å². The van der Waals surface area contributed by atoms with Gasteiger partial charge in [-0.3, -0.25) is 9.59 Å². The molecule has 0 bridgehead atoms. The van der Waals surface area contributed by atoms with Crippen LogP contribution < -0.4 is 5.32 Å². The SMILES string of the molecule is Cc1cccc(-c2sc(C3CC3)nc2C(=O)N2CCCC[C@H]2CNC(=O)c2noc3ccccc23)c1. The largest absolute Gasteiger partial charge is 0.355 e. The van der Waals surface area contributed by atoms with E-state index >= 15 is 0 Å². The number of carbonyl (C=O) groups is 2. The number of aryl methyl sites for hydroxylation is 1. The van der Waals surface area contributed by atoms with E-state index in [1.165, 1.54) is 0 Å². The van der Waals surface area contributed by atoms with Gasteiger partial charge in [-0.25, -0.2) is 4.98 Å². The van der Waals surface area contributed by atoms with Crippen LogP contribution in [-0.2, 0) is 0 Å². The molecule has 1 saturated heterocycles. The lowest BCUT2D eigenvalue weighted by Gasteiger charge is -2.35. The Hall–Kier alpha value is -3.52. The Morgan fingerprint density at radius 2 is 1.94 bits per heavy atom. The predicted octanol–water partition coefficient (Wildman–Crippen LogP) is 5.56. The standard InChI is InChI=1S/C28H28N4O3S/c1-17-7-6-8-19(15-17)25-24(30-27(36-25)18-12-13-18)28(34)32-14-5-4-9-20(32)16-29-26(33)23-21-10-2-3-11-22(21)35-31-23/h2-3,6-8,10-11,15,18,20H,4-5,9,12-14,16H2,1H3,(H,29,33)/t20-/m0/s1. The number of hydrogen-bond acceptors (Lipinski definition) is 6. The summed E-state index contributed by atoms with van der Waals surface area (Å²) in [6.45, 7) is 3.09. The first-order valence-corrected chi connectivity index (χ1v) is 13.4. The molecule has 1 aliphatic heterocycles. The molecule has 2 aromatic heterocycles. The molecule has 2 amide bonds. The number of thiazole rings is 1. The minimum absolute atomic E-state index is 0.0412. The van der Waals surface area contributed by atoms with Crippen molar-refractivity contribution in [1.29, 1.82) is 0 Å². The number of hydrogen-bond donors (Lipinski definition) is 1. The molecule has 36 heavy (non-hydrogen) atoms. The van der Waals surface area contributed by atoms with Crippen molar-refractivity contribution in [2.45, 2.75) is 51.0 Å². The molecular weight excluding hydrogens is 472 g/mol. The number of rotatable bonds is 6. The van der Waals surface area contributed by atoms with Crippen molar-refractivity contribution in [1.82, 2.24) is 20.4 Å². The van der Waals surface area contributed by atoms with Crippen molar-refractivity contribution in [2.75, 3.05) is 13.1 Å². The van der Waals surface area contributed by atoms with Gasteiger partial charge in [0.15, 0.2) is 11.3 Å². The van der Waals surface area contributed by atoms with E-state index in [0.29, 0.717) is 35.7 Å². The molecule has 2 aliphatic rings. The van der Waals surface area contributed by atoms with Crippen LogP contribution >= 0.6 is 11.3 Å². The van der Waals surface area contributed by atoms with Gasteiger partial charge in [0.05, 0.1) is 15.3 Å². The zero-order chi connectivity index (χ0) is 24.6. The molecule has 1 saturated carbocycles. The molecule has 2 aromatic carbocycles. The molecule has 1 aliphatic carbocycles. The first-order valence-electron chi connectivity index (χ1n) is 12.6. The van der Waals surface area contributed by atoms with Crippen LogP contribution in [0.3, 0.4) is 0 Å². The van der Waals surface area contributed by atoms with E-state index in [4.69, 9.17) is 9.51 Å². The van der Waals surface area contributed by atoms with Gasteiger partial charge in [0.25, 0.3) is 11.8 Å². The van der Waals surface area contributed by atoms with Crippen LogP contribution in [0.1, 0.15) is 69.6 Å². The highest BCUT2D eigenvalue weighted by Crippen LogP contribution is 2.45. The van der Waals surface area contributed by atoms with Crippen LogP contribution in [0.2, 0.25) is 0 Å². The molecule has 8 heteroatoms. The first kappa shape index (κ1) is 22.9. The summed E-state index contributed by atoms with van der Waals surface area (Å²) in [5.74, 6) is 0.150. The monoisotopic (exact) mass is 500 g/mol. The van der Waals surface area contributed by atoms with Gasteiger partial charge in [0, 0.05) is 25.0 Å². The Balaban J connectivity index is 1.24. The summed E-state index contributed by atoms with van der Waals surface area (Å²) in [7, 11) is 0. The van der Waals surface area contributed by atoms with Gasteiger partial charge in [-0.2, -0.15) is 0 Å². The van der Waals surface area contributed by atoms with E-state index in [0.717, 1.165) is 53.1 Å². The Labute approximate surface area is 213 Å². The zero-order valence-corrected chi connectivity index (χ0v) is 21.0. The minimum atomic E-state index is -0.289. The van der Waals surface area contributed by atoms with Gasteiger partial charge < -0.3 is 14.7 Å². The summed E-state index contributed by atoms with van der Waals surface area (Å²) in [5, 5.41) is 8.71. The van der Waals surface area contributed by atoms with Crippen LogP contribution in [0.25, 0.3) is 21.4 Å². The molecular formula is C28H28N4O3S. The Kier molecular flexibility index (Phi) is 6.05. The number of nitrogens with zero attached hydrogens (tertiary/aromatic N) is 3. The highest BCUT2D eigenvalue weighted by atomic mass is 32.1. The van der Waals surface area contributed by atoms with Crippen molar-refractivity contribution >= 4 is 34.1 Å². The van der Waals surface area contributed by atoms with Crippen LogP contribution in [0.4, 0.5) is 0 Å². The predicted molar refractivity (Wildman–Crippen MR) is 139 cm³/mol. The molecule has 1 N–H and O–H groups in total. The molecule has 6 rings (SSSR count). The average molecular weight is 501 g/mol. The Morgan fingerprint density at radius 1 is 1.08 bits per heavy atom. The quantitative estimate of drug-likeness (QED) is 0.374. The van der Waals surface area contributed by atoms with E-state index < -0.39 is 0 Å². The maximum atomic E-state index is 13.9. The third kappa shape index (κ3) is 4.41. The smallest absolute Gasteiger partial charge is 0.274 e. The summed E-state index contributed by atoms with van der Waals surface area (Å²) >= 11 is 1.66. The third-order valence-electron chi connectivity index (χ3n) is 7.03. The third-order valence-corrected chi connectivity index (χ3v) is 8.30. The lowest BCUT2D eigenvalue weighted by Crippen LogP contribution is -2.49. The van der Waals surface area contributed by atoms with Gasteiger partial charge in [0.2, 0.25) is 0 Å². The maximum absolute atomic E-state index is 13.9. The fourth-order valence-electron chi connectivity index (χ4n) is 4.93. The molecule has 7 nitrogen and oxygen atoms in total. The van der Waals surface area contributed by atoms with E-state index in [1.807, 2.05) is 29.2 Å². The van der Waals surface area contributed by atoms with E-state index in [2.05, 4.69) is 35.6 Å². The molecule has 0 spiro atoms. The number of aromatic nitrogens is 2. The zero-order valence-electron chi connectivity index (χ0n) is 20.2. The number of carbonyl (C=O) groups excluding carboxylic acids is 2. The normalized spacial score (nSPS) is 17.9. The molecule has 2 fully saturated rings. The number of piperidine rings is 1. The number of nitrogens with one attached hydrogen (secondary N) is 1. The van der Waals surface area contributed by atoms with Crippen LogP contribution in [0.5, 0.6) is 0 Å². The number of amides is 2. The van der Waals surface area contributed by atoms with Crippen molar-refractivity contribution < 1.29 is 14.1 Å². The fraction of sp³-hybridized carbons (Fsp3) is 0.357. The van der Waals surface area contributed by atoms with Crippen LogP contribution in [0, 0.1) is 6.92 Å². The molecule has 0 radical (unpaired) electrons. The minimum Gasteiger partial charge on any atom is -0.355 e.